The minimum absolute atomic E-state index is 0.492. The number of nitrogens with one attached hydrogen (secondary N) is 2. The van der Waals surface area contributed by atoms with Gasteiger partial charge in [-0.05, 0) is 19.4 Å². The lowest BCUT2D eigenvalue weighted by molar-refractivity contribution is 0.582. The molecule has 2 aromatic rings. The summed E-state index contributed by atoms with van der Waals surface area (Å²) in [5, 5.41) is 3.39. The van der Waals surface area contributed by atoms with E-state index in [0.717, 1.165) is 24.5 Å². The summed E-state index contributed by atoms with van der Waals surface area (Å²) >= 11 is 0. The first-order valence-electron chi connectivity index (χ1n) is 6.86. The van der Waals surface area contributed by atoms with Crippen molar-refractivity contribution >= 4 is 0 Å². The van der Waals surface area contributed by atoms with E-state index in [4.69, 9.17) is 0 Å². The van der Waals surface area contributed by atoms with Crippen molar-refractivity contribution in [3.05, 3.63) is 52.6 Å². The fourth-order valence-corrected chi connectivity index (χ4v) is 2.26. The van der Waals surface area contributed by atoms with Gasteiger partial charge >= 0.3 is 0 Å². The maximum Gasteiger partial charge on any atom is 0.110 e. The van der Waals surface area contributed by atoms with Crippen molar-refractivity contribution < 1.29 is 0 Å². The molecule has 3 heteroatoms. The van der Waals surface area contributed by atoms with Gasteiger partial charge in [-0.1, -0.05) is 43.2 Å². The highest BCUT2D eigenvalue weighted by atomic mass is 15.0. The zero-order valence-corrected chi connectivity index (χ0v) is 12.2. The number of imidazole rings is 1. The third-order valence-corrected chi connectivity index (χ3v) is 3.03. The van der Waals surface area contributed by atoms with Crippen LogP contribution in [0.25, 0.3) is 0 Å². The molecule has 0 fully saturated rings. The summed E-state index contributed by atoms with van der Waals surface area (Å²) in [4.78, 5) is 7.84. The van der Waals surface area contributed by atoms with Gasteiger partial charge in [-0.15, -0.1) is 0 Å². The molecule has 0 unspecified atom stereocenters. The van der Waals surface area contributed by atoms with Gasteiger partial charge in [-0.2, -0.15) is 0 Å². The molecule has 3 nitrogen and oxygen atoms in total. The largest absolute Gasteiger partial charge is 0.345 e. The van der Waals surface area contributed by atoms with Crippen LogP contribution in [0, 0.1) is 13.8 Å². The first-order valence-corrected chi connectivity index (χ1v) is 6.86. The lowest BCUT2D eigenvalue weighted by atomic mass is 10.1. The summed E-state index contributed by atoms with van der Waals surface area (Å²) in [6.45, 7) is 9.41. The zero-order chi connectivity index (χ0) is 13.8. The average molecular weight is 257 g/mol. The molecule has 1 heterocycles. The van der Waals surface area contributed by atoms with Crippen LogP contribution in [0.1, 0.15) is 42.1 Å². The molecule has 0 aliphatic heterocycles. The van der Waals surface area contributed by atoms with Crippen LogP contribution < -0.4 is 5.32 Å². The summed E-state index contributed by atoms with van der Waals surface area (Å²) in [5.74, 6) is 1.03. The van der Waals surface area contributed by atoms with E-state index in [2.05, 4.69) is 61.2 Å². The molecular formula is C16H23N3. The topological polar surface area (TPSA) is 40.7 Å². The number of aromatic nitrogens is 2. The van der Waals surface area contributed by atoms with Crippen LogP contribution in [0.15, 0.2) is 24.4 Å². The minimum atomic E-state index is 0.492. The maximum atomic E-state index is 4.45. The van der Waals surface area contributed by atoms with Crippen LogP contribution in [0.4, 0.5) is 0 Å². The van der Waals surface area contributed by atoms with Gasteiger partial charge in [0, 0.05) is 30.9 Å². The maximum absolute atomic E-state index is 4.45. The second-order valence-corrected chi connectivity index (χ2v) is 5.56. The Bertz CT molecular complexity index is 520. The molecule has 0 amide bonds. The number of H-pyrrole nitrogens is 1. The molecule has 0 aliphatic rings. The fraction of sp³-hybridized carbons (Fsp3) is 0.438. The number of aryl methyl sites for hydroxylation is 2. The summed E-state index contributed by atoms with van der Waals surface area (Å²) in [6.07, 6.45) is 2.79. The van der Waals surface area contributed by atoms with Gasteiger partial charge in [0.1, 0.15) is 5.82 Å². The third kappa shape index (κ3) is 4.21. The molecule has 19 heavy (non-hydrogen) atoms. The van der Waals surface area contributed by atoms with Crippen molar-refractivity contribution in [2.75, 3.05) is 0 Å². The molecule has 0 atom stereocenters. The Morgan fingerprint density at radius 3 is 2.47 bits per heavy atom. The monoisotopic (exact) mass is 257 g/mol. The molecule has 0 saturated heterocycles. The lowest BCUT2D eigenvalue weighted by Crippen LogP contribution is -2.21. The average Bonchev–Trinajstić information content (AvgIpc) is 2.72. The number of benzene rings is 1. The first kappa shape index (κ1) is 13.8. The van der Waals surface area contributed by atoms with Crippen molar-refractivity contribution in [3.63, 3.8) is 0 Å². The van der Waals surface area contributed by atoms with E-state index in [9.17, 15) is 0 Å². The highest BCUT2D eigenvalue weighted by Gasteiger charge is 2.04. The molecule has 2 N–H and O–H groups in total. The lowest BCUT2D eigenvalue weighted by Gasteiger charge is -2.05. The van der Waals surface area contributed by atoms with Crippen molar-refractivity contribution in [2.45, 2.75) is 46.7 Å². The minimum Gasteiger partial charge on any atom is -0.345 e. The van der Waals surface area contributed by atoms with Crippen LogP contribution in [-0.4, -0.2) is 16.0 Å². The highest BCUT2D eigenvalue weighted by molar-refractivity contribution is 5.30. The van der Waals surface area contributed by atoms with Crippen molar-refractivity contribution in [1.29, 1.82) is 0 Å². The van der Waals surface area contributed by atoms with Crippen molar-refractivity contribution in [1.82, 2.24) is 15.3 Å². The van der Waals surface area contributed by atoms with E-state index in [1.807, 2.05) is 6.20 Å². The Morgan fingerprint density at radius 2 is 1.84 bits per heavy atom. The van der Waals surface area contributed by atoms with E-state index in [1.165, 1.54) is 16.7 Å². The Kier molecular flexibility index (Phi) is 4.38. The number of nitrogens with zero attached hydrogens (tertiary/aromatic N) is 1. The first-order chi connectivity index (χ1) is 9.02. The van der Waals surface area contributed by atoms with E-state index in [1.54, 1.807) is 0 Å². The predicted molar refractivity (Wildman–Crippen MR) is 79.3 cm³/mol. The second kappa shape index (κ2) is 6.02. The molecule has 0 aliphatic carbocycles. The molecule has 0 saturated carbocycles. The van der Waals surface area contributed by atoms with E-state index >= 15 is 0 Å². The van der Waals surface area contributed by atoms with Gasteiger partial charge in [0.25, 0.3) is 0 Å². The molecular weight excluding hydrogens is 234 g/mol. The zero-order valence-electron chi connectivity index (χ0n) is 12.2. The van der Waals surface area contributed by atoms with Gasteiger partial charge < -0.3 is 10.3 Å². The van der Waals surface area contributed by atoms with Gasteiger partial charge in [0.2, 0.25) is 0 Å². The summed E-state index contributed by atoms with van der Waals surface area (Å²) in [6, 6.07) is 7.14. The highest BCUT2D eigenvalue weighted by Crippen LogP contribution is 2.12. The fourth-order valence-electron chi connectivity index (χ4n) is 2.26. The quantitative estimate of drug-likeness (QED) is 0.864. The van der Waals surface area contributed by atoms with Gasteiger partial charge in [0.05, 0.1) is 0 Å². The van der Waals surface area contributed by atoms with E-state index in [0.29, 0.717) is 6.04 Å². The molecule has 0 radical (unpaired) electrons. The number of rotatable bonds is 5. The molecule has 2 rings (SSSR count). The smallest absolute Gasteiger partial charge is 0.110 e. The Labute approximate surface area is 115 Å². The standard InChI is InChI=1S/C16H23N3/c1-11(2)17-9-15-10-18-16(19-15)8-14-6-12(3)5-13(4)7-14/h5-7,10-11,17H,8-9H2,1-4H3,(H,18,19). The number of hydrogen-bond acceptors (Lipinski definition) is 2. The Morgan fingerprint density at radius 1 is 1.16 bits per heavy atom. The molecule has 0 bridgehead atoms. The Balaban J connectivity index is 2.03. The van der Waals surface area contributed by atoms with Crippen LogP contribution in [0.2, 0.25) is 0 Å². The van der Waals surface area contributed by atoms with Crippen molar-refractivity contribution in [3.8, 4) is 0 Å². The molecule has 1 aromatic heterocycles. The van der Waals surface area contributed by atoms with Gasteiger partial charge in [-0.3, -0.25) is 0 Å². The number of aromatic amines is 1. The van der Waals surface area contributed by atoms with Crippen LogP contribution in [0.3, 0.4) is 0 Å². The number of hydrogen-bond donors (Lipinski definition) is 2. The normalized spacial score (nSPS) is 11.2. The van der Waals surface area contributed by atoms with Crippen LogP contribution in [-0.2, 0) is 13.0 Å². The van der Waals surface area contributed by atoms with Crippen LogP contribution >= 0.6 is 0 Å². The SMILES string of the molecule is Cc1cc(C)cc(Cc2ncc(CNC(C)C)[nH]2)c1. The van der Waals surface area contributed by atoms with Gasteiger partial charge in [0.15, 0.2) is 0 Å². The van der Waals surface area contributed by atoms with Gasteiger partial charge in [-0.25, -0.2) is 4.98 Å². The van der Waals surface area contributed by atoms with Crippen LogP contribution in [0.5, 0.6) is 0 Å². The third-order valence-electron chi connectivity index (χ3n) is 3.03. The molecule has 1 aromatic carbocycles. The Hall–Kier alpha value is -1.61. The van der Waals surface area contributed by atoms with Crippen molar-refractivity contribution in [2.24, 2.45) is 0 Å². The predicted octanol–water partition coefficient (Wildman–Crippen LogP) is 3.12. The molecule has 0 spiro atoms. The van der Waals surface area contributed by atoms with E-state index in [-0.39, 0.29) is 0 Å². The summed E-state index contributed by atoms with van der Waals surface area (Å²) < 4.78 is 0. The summed E-state index contributed by atoms with van der Waals surface area (Å²) in [5.41, 5.74) is 5.08. The second-order valence-electron chi connectivity index (χ2n) is 5.56. The molecule has 102 valence electrons. The van der Waals surface area contributed by atoms with E-state index < -0.39 is 0 Å². The summed E-state index contributed by atoms with van der Waals surface area (Å²) in [7, 11) is 0.